The topological polar surface area (TPSA) is 0 Å². The second kappa shape index (κ2) is 16.1. The molecule has 0 heterocycles. The third-order valence-corrected chi connectivity index (χ3v) is 13.1. The molecule has 264 valence electrons. The highest BCUT2D eigenvalue weighted by Crippen LogP contribution is 2.46. The Bertz CT molecular complexity index is 1890. The van der Waals surface area contributed by atoms with E-state index in [1.165, 1.54) is 46.0 Å². The molecule has 0 spiro atoms. The van der Waals surface area contributed by atoms with Crippen molar-refractivity contribution in [2.45, 2.75) is 110 Å². The van der Waals surface area contributed by atoms with Gasteiger partial charge in [-0.1, -0.05) is 197 Å². The molecule has 7 rings (SSSR count). The molecule has 0 aliphatic heterocycles. The standard InChI is InChI=1S/C49H59B3/c1-34-8-19-41(20-9-34)50(42-21-10-35(2)11-22-42)46-31-47(51(43-23-12-36(3)13-24-43)44-25-14-37(4)15-26-44)33-48(32-46)52(45-27-16-38(5)17-28-45)49-29-18-39(6)30-40(49)7/h8-14,16-17,19-21,23,25-28,30,32-33,37,40,42-43,47,49H,15,18,22,24,29,31H2,1-7H3/t37?,40-,42?,43?,47?,49?/m0/s1. The van der Waals surface area contributed by atoms with E-state index in [0.29, 0.717) is 55.2 Å². The number of hydrogen-bond acceptors (Lipinski definition) is 0. The molecule has 0 N–H and O–H groups in total. The summed E-state index contributed by atoms with van der Waals surface area (Å²) in [5.74, 6) is 3.07. The molecule has 0 fully saturated rings. The second-order valence-electron chi connectivity index (χ2n) is 17.3. The fourth-order valence-electron chi connectivity index (χ4n) is 10.1. The normalized spacial score (nSPS) is 27.1. The molecule has 3 heteroatoms. The maximum Gasteiger partial charge on any atom is 0.212 e. The van der Waals surface area contributed by atoms with Crippen molar-refractivity contribution in [1.29, 1.82) is 0 Å². The van der Waals surface area contributed by atoms with Crippen molar-refractivity contribution >= 4 is 31.1 Å². The van der Waals surface area contributed by atoms with Gasteiger partial charge in [-0.25, -0.2) is 0 Å². The lowest BCUT2D eigenvalue weighted by molar-refractivity contribution is 0.559. The van der Waals surface area contributed by atoms with E-state index < -0.39 is 0 Å². The first kappa shape index (κ1) is 36.6. The summed E-state index contributed by atoms with van der Waals surface area (Å²) in [6.07, 6.45) is 37.4. The number of benzene rings is 2. The van der Waals surface area contributed by atoms with E-state index in [1.54, 1.807) is 22.0 Å². The summed E-state index contributed by atoms with van der Waals surface area (Å²) in [6.45, 7) is 17.3. The molecule has 0 radical (unpaired) electrons. The number of hydrogen-bond donors (Lipinski definition) is 0. The van der Waals surface area contributed by atoms with Crippen LogP contribution in [0.1, 0.15) is 84.3 Å². The Morgan fingerprint density at radius 3 is 1.75 bits per heavy atom. The molecule has 2 aromatic rings. The minimum absolute atomic E-state index is 0.345. The van der Waals surface area contributed by atoms with Gasteiger partial charge < -0.3 is 0 Å². The van der Waals surface area contributed by atoms with Gasteiger partial charge in [0.05, 0.1) is 0 Å². The minimum Gasteiger partial charge on any atom is -0.0954 e. The van der Waals surface area contributed by atoms with E-state index in [4.69, 9.17) is 0 Å². The van der Waals surface area contributed by atoms with Crippen molar-refractivity contribution in [1.82, 2.24) is 0 Å². The first-order chi connectivity index (χ1) is 25.1. The van der Waals surface area contributed by atoms with E-state index >= 15 is 0 Å². The van der Waals surface area contributed by atoms with Crippen LogP contribution in [0.5, 0.6) is 0 Å². The maximum atomic E-state index is 2.80. The Kier molecular flexibility index (Phi) is 11.4. The Labute approximate surface area is 317 Å². The van der Waals surface area contributed by atoms with Gasteiger partial charge in [-0.05, 0) is 102 Å². The zero-order valence-corrected chi connectivity index (χ0v) is 33.0. The van der Waals surface area contributed by atoms with Crippen LogP contribution in [0.25, 0.3) is 0 Å². The van der Waals surface area contributed by atoms with E-state index in [-0.39, 0.29) is 0 Å². The lowest BCUT2D eigenvalue weighted by atomic mass is 9.22. The lowest BCUT2D eigenvalue weighted by Gasteiger charge is -2.39. The van der Waals surface area contributed by atoms with Gasteiger partial charge in [-0.2, -0.15) is 0 Å². The van der Waals surface area contributed by atoms with Crippen LogP contribution in [0.2, 0.25) is 23.3 Å². The van der Waals surface area contributed by atoms with E-state index in [1.807, 2.05) is 0 Å². The molecule has 0 aromatic heterocycles. The molecular formula is C49H59B3. The van der Waals surface area contributed by atoms with E-state index in [2.05, 4.69) is 170 Å². The quantitative estimate of drug-likeness (QED) is 0.183. The average Bonchev–Trinajstić information content (AvgIpc) is 3.13. The summed E-state index contributed by atoms with van der Waals surface area (Å²) in [4.78, 5) is 0. The molecular weight excluding hydrogens is 621 g/mol. The molecule has 0 bridgehead atoms. The molecule has 5 unspecified atom stereocenters. The maximum absolute atomic E-state index is 2.80. The molecule has 2 aromatic carbocycles. The summed E-state index contributed by atoms with van der Waals surface area (Å²) >= 11 is 0. The fraction of sp³-hybridized carbons (Fsp3) is 0.388. The van der Waals surface area contributed by atoms with Crippen molar-refractivity contribution in [2.75, 3.05) is 0 Å². The van der Waals surface area contributed by atoms with Gasteiger partial charge in [0.1, 0.15) is 0 Å². The van der Waals surface area contributed by atoms with Crippen LogP contribution >= 0.6 is 0 Å². The lowest BCUT2D eigenvalue weighted by Crippen LogP contribution is -2.44. The molecule has 0 saturated carbocycles. The average molecular weight is 680 g/mol. The van der Waals surface area contributed by atoms with Crippen LogP contribution in [0.15, 0.2) is 155 Å². The summed E-state index contributed by atoms with van der Waals surface area (Å²) in [5.41, 5.74) is 14.7. The predicted octanol–water partition coefficient (Wildman–Crippen LogP) is 12.0. The highest BCUT2D eigenvalue weighted by Gasteiger charge is 2.42. The van der Waals surface area contributed by atoms with E-state index in [0.717, 1.165) is 25.7 Å². The van der Waals surface area contributed by atoms with Crippen molar-refractivity contribution in [3.8, 4) is 0 Å². The van der Waals surface area contributed by atoms with Crippen LogP contribution in [-0.4, -0.2) is 20.1 Å². The van der Waals surface area contributed by atoms with Gasteiger partial charge in [-0.3, -0.25) is 0 Å². The molecule has 6 atom stereocenters. The summed E-state index contributed by atoms with van der Waals surface area (Å²) in [7, 11) is 0. The minimum atomic E-state index is 0.345. The van der Waals surface area contributed by atoms with Crippen molar-refractivity contribution in [3.05, 3.63) is 166 Å². The van der Waals surface area contributed by atoms with Gasteiger partial charge >= 0.3 is 0 Å². The van der Waals surface area contributed by atoms with Crippen LogP contribution < -0.4 is 10.9 Å². The molecule has 0 saturated heterocycles. The smallest absolute Gasteiger partial charge is 0.0954 e. The van der Waals surface area contributed by atoms with Crippen LogP contribution in [0.4, 0.5) is 0 Å². The number of allylic oxidation sites excluding steroid dienone is 18. The Balaban J connectivity index is 1.41. The monoisotopic (exact) mass is 680 g/mol. The SMILES string of the molecule is CC1=CCC(B(C2=CC(B(c3ccc(C)cc3)C3CCC(C)=C[C@@H]3C)=CC(B(C3=CCC(C)C=C3)C3C=CC(C)=CC3)C2)c2ccc(C)cc2)C=C1. The zero-order chi connectivity index (χ0) is 36.4. The molecule has 0 nitrogen and oxygen atoms in total. The van der Waals surface area contributed by atoms with Crippen molar-refractivity contribution in [2.24, 2.45) is 11.8 Å². The van der Waals surface area contributed by atoms with Crippen LogP contribution in [-0.2, 0) is 0 Å². The third kappa shape index (κ3) is 8.25. The molecule has 0 amide bonds. The molecule has 5 aliphatic carbocycles. The van der Waals surface area contributed by atoms with Crippen molar-refractivity contribution in [3.63, 3.8) is 0 Å². The van der Waals surface area contributed by atoms with Crippen LogP contribution in [0, 0.1) is 25.7 Å². The van der Waals surface area contributed by atoms with Gasteiger partial charge in [-0.15, -0.1) is 0 Å². The van der Waals surface area contributed by atoms with Gasteiger partial charge in [0.25, 0.3) is 0 Å². The first-order valence-corrected chi connectivity index (χ1v) is 20.4. The van der Waals surface area contributed by atoms with Gasteiger partial charge in [0, 0.05) is 0 Å². The molecule has 5 aliphatic rings. The van der Waals surface area contributed by atoms with Gasteiger partial charge in [0.2, 0.25) is 13.4 Å². The number of rotatable bonds is 9. The highest BCUT2D eigenvalue weighted by atomic mass is 14.3. The van der Waals surface area contributed by atoms with Crippen molar-refractivity contribution < 1.29 is 0 Å². The van der Waals surface area contributed by atoms with Gasteiger partial charge in [0.15, 0.2) is 6.71 Å². The Hall–Kier alpha value is -3.71. The first-order valence-electron chi connectivity index (χ1n) is 20.4. The number of aryl methyl sites for hydroxylation is 2. The van der Waals surface area contributed by atoms with E-state index in [9.17, 15) is 0 Å². The Morgan fingerprint density at radius 2 is 1.19 bits per heavy atom. The fourth-order valence-corrected chi connectivity index (χ4v) is 10.1. The summed E-state index contributed by atoms with van der Waals surface area (Å²) in [6, 6.07) is 19.1. The zero-order valence-electron chi connectivity index (χ0n) is 33.0. The Morgan fingerprint density at radius 1 is 0.577 bits per heavy atom. The highest BCUT2D eigenvalue weighted by molar-refractivity contribution is 6.84. The third-order valence-electron chi connectivity index (χ3n) is 13.1. The second-order valence-corrected chi connectivity index (χ2v) is 17.3. The predicted molar refractivity (Wildman–Crippen MR) is 233 cm³/mol. The van der Waals surface area contributed by atoms with Crippen LogP contribution in [0.3, 0.4) is 0 Å². The summed E-state index contributed by atoms with van der Waals surface area (Å²) in [5, 5.41) is 0. The summed E-state index contributed by atoms with van der Waals surface area (Å²) < 4.78 is 0. The largest absolute Gasteiger partial charge is 0.212 e. The molecule has 52 heavy (non-hydrogen) atoms.